The van der Waals surface area contributed by atoms with E-state index in [0.29, 0.717) is 11.5 Å². The second-order valence-electron chi connectivity index (χ2n) is 6.63. The first-order valence-electron chi connectivity index (χ1n) is 8.46. The Hall–Kier alpha value is -1.52. The Labute approximate surface area is 170 Å². The van der Waals surface area contributed by atoms with E-state index < -0.39 is 0 Å². The van der Waals surface area contributed by atoms with Crippen molar-refractivity contribution in [3.8, 4) is 11.5 Å². The number of quaternary nitrogens is 1. The van der Waals surface area contributed by atoms with E-state index in [4.69, 9.17) is 9.47 Å². The van der Waals surface area contributed by atoms with Crippen LogP contribution in [0.3, 0.4) is 0 Å². The van der Waals surface area contributed by atoms with Crippen LogP contribution in [0.25, 0.3) is 0 Å². The summed E-state index contributed by atoms with van der Waals surface area (Å²) in [6.07, 6.45) is 0.676. The van der Waals surface area contributed by atoms with Gasteiger partial charge in [0.25, 0.3) is 5.91 Å². The van der Waals surface area contributed by atoms with Crippen LogP contribution >= 0.6 is 33.9 Å². The maximum Gasteiger partial charge on any atom is 0.256 e. The summed E-state index contributed by atoms with van der Waals surface area (Å²) in [5.41, 5.74) is 3.00. The minimum absolute atomic E-state index is 0.00518. The third-order valence-corrected chi connectivity index (χ3v) is 6.89. The van der Waals surface area contributed by atoms with Crippen molar-refractivity contribution < 1.29 is 19.2 Å². The maximum absolute atomic E-state index is 12.8. The van der Waals surface area contributed by atoms with Gasteiger partial charge in [-0.05, 0) is 45.9 Å². The second kappa shape index (κ2) is 6.90. The monoisotopic (exact) mass is 486 g/mol. The number of anilines is 1. The number of thiophene rings is 1. The molecule has 2 aromatic rings. The molecule has 2 unspecified atom stereocenters. The molecule has 3 N–H and O–H groups in total. The van der Waals surface area contributed by atoms with E-state index in [1.54, 1.807) is 25.6 Å². The van der Waals surface area contributed by atoms with E-state index >= 15 is 0 Å². The zero-order valence-electron chi connectivity index (χ0n) is 14.9. The summed E-state index contributed by atoms with van der Waals surface area (Å²) in [6.45, 7) is 2.06. The van der Waals surface area contributed by atoms with E-state index in [-0.39, 0.29) is 12.1 Å². The smallest absolute Gasteiger partial charge is 0.256 e. The molecular weight excluding hydrogens is 465 g/mol. The van der Waals surface area contributed by atoms with Crippen LogP contribution in [-0.2, 0) is 13.0 Å². The Balaban J connectivity index is 1.70. The average molecular weight is 486 g/mol. The molecular formula is C18H21IN3O3S+. The SMILES string of the molecule is COc1cc(C2NC(=O)c3c(sc4c3CC[NH+](C)C4)N2)cc(I)c1OC. The Morgan fingerprint density at radius 3 is 2.81 bits per heavy atom. The maximum atomic E-state index is 12.8. The summed E-state index contributed by atoms with van der Waals surface area (Å²) < 4.78 is 11.8. The molecule has 0 bridgehead atoms. The van der Waals surface area contributed by atoms with Crippen molar-refractivity contribution in [3.63, 3.8) is 0 Å². The predicted molar refractivity (Wildman–Crippen MR) is 110 cm³/mol. The molecule has 3 heterocycles. The number of amides is 1. The third-order valence-electron chi connectivity index (χ3n) is 4.92. The number of hydrogen-bond acceptors (Lipinski definition) is 5. The number of hydrogen-bond donors (Lipinski definition) is 3. The van der Waals surface area contributed by atoms with E-state index in [2.05, 4.69) is 40.3 Å². The normalized spacial score (nSPS) is 21.3. The molecule has 2 aliphatic rings. The van der Waals surface area contributed by atoms with Crippen molar-refractivity contribution in [3.05, 3.63) is 37.3 Å². The Morgan fingerprint density at radius 2 is 2.08 bits per heavy atom. The lowest BCUT2D eigenvalue weighted by molar-refractivity contribution is -0.895. The summed E-state index contributed by atoms with van der Waals surface area (Å²) in [5, 5.41) is 7.59. The lowest BCUT2D eigenvalue weighted by Crippen LogP contribution is -3.08. The summed E-state index contributed by atoms with van der Waals surface area (Å²) >= 11 is 3.94. The van der Waals surface area contributed by atoms with Gasteiger partial charge in [0.05, 0.1) is 41.8 Å². The number of carbonyl (C=O) groups excluding carboxylic acids is 1. The molecule has 0 fully saturated rings. The van der Waals surface area contributed by atoms with Crippen LogP contribution in [0.5, 0.6) is 11.5 Å². The van der Waals surface area contributed by atoms with Crippen molar-refractivity contribution in [2.75, 3.05) is 33.1 Å². The Bertz CT molecular complexity index is 883. The van der Waals surface area contributed by atoms with Crippen LogP contribution in [0, 0.1) is 3.57 Å². The van der Waals surface area contributed by atoms with Gasteiger partial charge in [-0.25, -0.2) is 0 Å². The molecule has 6 nitrogen and oxygen atoms in total. The van der Waals surface area contributed by atoms with Gasteiger partial charge in [0.1, 0.15) is 17.7 Å². The molecule has 1 aromatic heterocycles. The second-order valence-corrected chi connectivity index (χ2v) is 8.90. The summed E-state index contributed by atoms with van der Waals surface area (Å²) in [7, 11) is 5.44. The van der Waals surface area contributed by atoms with Gasteiger partial charge in [0.15, 0.2) is 11.5 Å². The van der Waals surface area contributed by atoms with Crippen LogP contribution < -0.4 is 25.0 Å². The van der Waals surface area contributed by atoms with Gasteiger partial charge in [-0.1, -0.05) is 0 Å². The number of rotatable bonds is 3. The molecule has 8 heteroatoms. The highest BCUT2D eigenvalue weighted by Gasteiger charge is 2.34. The van der Waals surface area contributed by atoms with Crippen molar-refractivity contribution >= 4 is 44.8 Å². The highest BCUT2D eigenvalue weighted by Crippen LogP contribution is 2.41. The molecule has 0 saturated carbocycles. The van der Waals surface area contributed by atoms with Crippen LogP contribution in [0.4, 0.5) is 5.00 Å². The highest BCUT2D eigenvalue weighted by atomic mass is 127. The molecule has 2 atom stereocenters. The molecule has 0 spiro atoms. The molecule has 1 amide bonds. The molecule has 0 aliphatic carbocycles. The number of fused-ring (bicyclic) bond motifs is 3. The van der Waals surface area contributed by atoms with Gasteiger partial charge in [-0.15, -0.1) is 11.3 Å². The fourth-order valence-corrected chi connectivity index (χ4v) is 5.84. The first kappa shape index (κ1) is 17.9. The van der Waals surface area contributed by atoms with Crippen molar-refractivity contribution in [2.45, 2.75) is 19.1 Å². The fourth-order valence-electron chi connectivity index (χ4n) is 3.60. The van der Waals surface area contributed by atoms with E-state index in [1.807, 2.05) is 12.1 Å². The minimum Gasteiger partial charge on any atom is -0.493 e. The molecule has 138 valence electrons. The fraction of sp³-hybridized carbons (Fsp3) is 0.389. The lowest BCUT2D eigenvalue weighted by atomic mass is 10.0. The largest absolute Gasteiger partial charge is 0.493 e. The molecule has 1 aromatic carbocycles. The van der Waals surface area contributed by atoms with Gasteiger partial charge in [-0.3, -0.25) is 4.79 Å². The first-order chi connectivity index (χ1) is 12.5. The van der Waals surface area contributed by atoms with Crippen LogP contribution in [-0.4, -0.2) is 33.7 Å². The highest BCUT2D eigenvalue weighted by molar-refractivity contribution is 14.1. The number of nitrogens with one attached hydrogen (secondary N) is 3. The molecule has 0 radical (unpaired) electrons. The standard InChI is InChI=1S/C18H20IN3O3S/c1-22-5-4-10-13(8-22)26-18-14(10)17(23)20-16(21-18)9-6-11(19)15(25-3)12(7-9)24-2/h6-7,16,21H,4-5,8H2,1-3H3,(H,20,23)/p+1. The van der Waals surface area contributed by atoms with E-state index in [9.17, 15) is 4.79 Å². The quantitative estimate of drug-likeness (QED) is 0.580. The third kappa shape index (κ3) is 2.93. The van der Waals surface area contributed by atoms with Crippen molar-refractivity contribution in [2.24, 2.45) is 0 Å². The first-order valence-corrected chi connectivity index (χ1v) is 10.4. The van der Waals surface area contributed by atoms with Crippen LogP contribution in [0.15, 0.2) is 12.1 Å². The van der Waals surface area contributed by atoms with Crippen molar-refractivity contribution in [1.82, 2.24) is 5.32 Å². The predicted octanol–water partition coefficient (Wildman–Crippen LogP) is 1.79. The summed E-state index contributed by atoms with van der Waals surface area (Å²) in [5.74, 6) is 1.37. The van der Waals surface area contributed by atoms with Gasteiger partial charge >= 0.3 is 0 Å². The van der Waals surface area contributed by atoms with E-state index in [1.165, 1.54) is 15.3 Å². The molecule has 4 rings (SSSR count). The van der Waals surface area contributed by atoms with Crippen molar-refractivity contribution in [1.29, 1.82) is 0 Å². The number of likely N-dealkylation sites (N-methyl/N-ethyl adjacent to an activating group) is 1. The number of carbonyl (C=O) groups is 1. The Kier molecular flexibility index (Phi) is 4.74. The summed E-state index contributed by atoms with van der Waals surface area (Å²) in [6, 6.07) is 3.92. The minimum atomic E-state index is -0.284. The van der Waals surface area contributed by atoms with Gasteiger partial charge in [0.2, 0.25) is 0 Å². The zero-order chi connectivity index (χ0) is 18.4. The Morgan fingerprint density at radius 1 is 1.27 bits per heavy atom. The van der Waals surface area contributed by atoms with Crippen LogP contribution in [0.2, 0.25) is 0 Å². The van der Waals surface area contributed by atoms with Gasteiger partial charge in [-0.2, -0.15) is 0 Å². The van der Waals surface area contributed by atoms with Crippen LogP contribution in [0.1, 0.15) is 32.5 Å². The molecule has 0 saturated heterocycles. The number of methoxy groups -OCH3 is 2. The molecule has 2 aliphatic heterocycles. The number of benzene rings is 1. The number of ether oxygens (including phenoxy) is 2. The average Bonchev–Trinajstić information content (AvgIpc) is 2.98. The number of halogens is 1. The lowest BCUT2D eigenvalue weighted by Gasteiger charge is -2.27. The summed E-state index contributed by atoms with van der Waals surface area (Å²) in [4.78, 5) is 15.6. The van der Waals surface area contributed by atoms with Gasteiger partial charge < -0.3 is 25.0 Å². The molecule has 26 heavy (non-hydrogen) atoms. The van der Waals surface area contributed by atoms with Gasteiger partial charge in [0, 0.05) is 6.42 Å². The topological polar surface area (TPSA) is 64.0 Å². The van der Waals surface area contributed by atoms with E-state index in [0.717, 1.165) is 39.2 Å². The zero-order valence-corrected chi connectivity index (χ0v) is 17.8.